The molecule has 1 unspecified atom stereocenters. The number of nitrogens with one attached hydrogen (secondary N) is 1. The summed E-state index contributed by atoms with van der Waals surface area (Å²) in [5.41, 5.74) is 6.69. The Kier molecular flexibility index (Phi) is 3.75. The van der Waals surface area contributed by atoms with E-state index in [-0.39, 0.29) is 11.9 Å². The Morgan fingerprint density at radius 3 is 3.16 bits per heavy atom. The van der Waals surface area contributed by atoms with Gasteiger partial charge in [0.25, 0.3) is 0 Å². The molecule has 1 saturated heterocycles. The molecule has 3 aromatic rings. The maximum atomic E-state index is 12.6. The Labute approximate surface area is 143 Å². The molecule has 1 amide bonds. The van der Waals surface area contributed by atoms with Crippen molar-refractivity contribution < 1.29 is 9.21 Å². The highest BCUT2D eigenvalue weighted by Gasteiger charge is 2.33. The number of amides is 1. The highest BCUT2D eigenvalue weighted by molar-refractivity contribution is 5.88. The van der Waals surface area contributed by atoms with E-state index >= 15 is 0 Å². The Balaban J connectivity index is 1.56. The van der Waals surface area contributed by atoms with Gasteiger partial charge in [-0.15, -0.1) is 0 Å². The van der Waals surface area contributed by atoms with Gasteiger partial charge in [0, 0.05) is 13.6 Å². The number of carbonyl (C=O) groups is 1. The number of hydrogen-bond acceptors (Lipinski definition) is 7. The first-order chi connectivity index (χ1) is 12.1. The molecule has 1 atom stereocenters. The molecule has 0 radical (unpaired) electrons. The zero-order valence-corrected chi connectivity index (χ0v) is 13.8. The highest BCUT2D eigenvalue weighted by atomic mass is 16.3. The Morgan fingerprint density at radius 2 is 2.36 bits per heavy atom. The molecule has 9 nitrogen and oxygen atoms in total. The van der Waals surface area contributed by atoms with Crippen LogP contribution in [-0.2, 0) is 18.4 Å². The number of nitrogens with zero attached hydrogens (tertiary/aromatic N) is 5. The summed E-state index contributed by atoms with van der Waals surface area (Å²) in [4.78, 5) is 23.4. The van der Waals surface area contributed by atoms with E-state index in [9.17, 15) is 4.79 Å². The van der Waals surface area contributed by atoms with Gasteiger partial charge in [-0.1, -0.05) is 0 Å². The van der Waals surface area contributed by atoms with E-state index < -0.39 is 0 Å². The fraction of sp³-hybridized carbons (Fsp3) is 0.375. The van der Waals surface area contributed by atoms with E-state index in [4.69, 9.17) is 10.2 Å². The van der Waals surface area contributed by atoms with Crippen molar-refractivity contribution in [1.82, 2.24) is 25.1 Å². The number of aryl methyl sites for hydroxylation is 1. The predicted molar refractivity (Wildman–Crippen MR) is 91.6 cm³/mol. The Bertz CT molecular complexity index is 903. The zero-order chi connectivity index (χ0) is 17.4. The van der Waals surface area contributed by atoms with Gasteiger partial charge in [0.1, 0.15) is 17.6 Å². The smallest absolute Gasteiger partial charge is 0.243 e. The summed E-state index contributed by atoms with van der Waals surface area (Å²) in [6.07, 6.45) is 4.87. The molecule has 3 N–H and O–H groups in total. The van der Waals surface area contributed by atoms with Crippen molar-refractivity contribution >= 4 is 28.7 Å². The molecule has 9 heteroatoms. The molecule has 130 valence electrons. The average molecular weight is 341 g/mol. The first kappa shape index (κ1) is 15.4. The van der Waals surface area contributed by atoms with E-state index in [1.807, 2.05) is 11.0 Å². The summed E-state index contributed by atoms with van der Waals surface area (Å²) >= 11 is 0. The quantitative estimate of drug-likeness (QED) is 0.722. The normalized spacial score (nSPS) is 17.3. The number of nitrogens with two attached hydrogens (primary N) is 1. The molecule has 1 aliphatic heterocycles. The maximum absolute atomic E-state index is 12.6. The zero-order valence-electron chi connectivity index (χ0n) is 13.8. The van der Waals surface area contributed by atoms with Crippen LogP contribution in [0.15, 0.2) is 29.0 Å². The minimum Gasteiger partial charge on any atom is -0.467 e. The van der Waals surface area contributed by atoms with Crippen LogP contribution in [0.3, 0.4) is 0 Å². The number of anilines is 2. The van der Waals surface area contributed by atoms with Crippen molar-refractivity contribution in [3.63, 3.8) is 0 Å². The molecule has 25 heavy (non-hydrogen) atoms. The van der Waals surface area contributed by atoms with Gasteiger partial charge < -0.3 is 20.4 Å². The second kappa shape index (κ2) is 6.08. The van der Waals surface area contributed by atoms with Gasteiger partial charge in [-0.2, -0.15) is 15.1 Å². The number of furan rings is 1. The second-order valence-electron chi connectivity index (χ2n) is 6.06. The number of carbonyl (C=O) groups excluding carboxylic acids is 1. The number of nitrogen functional groups attached to an aromatic ring is 1. The van der Waals surface area contributed by atoms with Gasteiger partial charge in [0.15, 0.2) is 5.65 Å². The van der Waals surface area contributed by atoms with Crippen LogP contribution in [0, 0.1) is 0 Å². The van der Waals surface area contributed by atoms with Gasteiger partial charge in [0.2, 0.25) is 11.9 Å². The van der Waals surface area contributed by atoms with Crippen molar-refractivity contribution in [2.45, 2.75) is 25.4 Å². The van der Waals surface area contributed by atoms with E-state index in [1.54, 1.807) is 30.3 Å². The van der Waals surface area contributed by atoms with Crippen LogP contribution in [0.5, 0.6) is 0 Å². The Hall–Kier alpha value is -3.10. The van der Waals surface area contributed by atoms with Crippen molar-refractivity contribution in [2.24, 2.45) is 7.05 Å². The van der Waals surface area contributed by atoms with Crippen LogP contribution in [0.4, 0.5) is 11.8 Å². The number of fused-ring (bicyclic) bond motifs is 1. The monoisotopic (exact) mass is 341 g/mol. The lowest BCUT2D eigenvalue weighted by Gasteiger charge is -2.24. The summed E-state index contributed by atoms with van der Waals surface area (Å²) in [6.45, 7) is 1.07. The number of aromatic nitrogens is 4. The van der Waals surface area contributed by atoms with Crippen LogP contribution in [0.25, 0.3) is 11.0 Å². The van der Waals surface area contributed by atoms with Crippen LogP contribution in [-0.4, -0.2) is 38.2 Å². The van der Waals surface area contributed by atoms with Gasteiger partial charge in [0.05, 0.1) is 24.4 Å². The van der Waals surface area contributed by atoms with Gasteiger partial charge in [-0.25, -0.2) is 0 Å². The van der Waals surface area contributed by atoms with E-state index in [1.165, 1.54) is 0 Å². The summed E-state index contributed by atoms with van der Waals surface area (Å²) in [6, 6.07) is 3.30. The van der Waals surface area contributed by atoms with Crippen LogP contribution < -0.4 is 16.0 Å². The van der Waals surface area contributed by atoms with Gasteiger partial charge >= 0.3 is 0 Å². The third kappa shape index (κ3) is 2.77. The van der Waals surface area contributed by atoms with E-state index in [2.05, 4.69) is 20.4 Å². The molecule has 4 rings (SSSR count). The van der Waals surface area contributed by atoms with Crippen molar-refractivity contribution in [3.05, 3.63) is 30.4 Å². The van der Waals surface area contributed by atoms with Crippen molar-refractivity contribution in [1.29, 1.82) is 0 Å². The van der Waals surface area contributed by atoms with Crippen LogP contribution >= 0.6 is 0 Å². The fourth-order valence-electron chi connectivity index (χ4n) is 3.14. The molecular weight excluding hydrogens is 322 g/mol. The highest BCUT2D eigenvalue weighted by Crippen LogP contribution is 2.26. The summed E-state index contributed by atoms with van der Waals surface area (Å²) in [5, 5.41) is 7.78. The third-order valence-corrected chi connectivity index (χ3v) is 4.44. The maximum Gasteiger partial charge on any atom is 0.243 e. The van der Waals surface area contributed by atoms with E-state index in [0.717, 1.165) is 18.6 Å². The first-order valence-electron chi connectivity index (χ1n) is 8.15. The van der Waals surface area contributed by atoms with E-state index in [0.29, 0.717) is 35.9 Å². The minimum absolute atomic E-state index is 0.0684. The lowest BCUT2D eigenvalue weighted by atomic mass is 10.2. The van der Waals surface area contributed by atoms with Crippen molar-refractivity contribution in [2.75, 3.05) is 17.2 Å². The average Bonchev–Trinajstić information content (AvgIpc) is 3.34. The molecule has 0 spiro atoms. The second-order valence-corrected chi connectivity index (χ2v) is 6.06. The lowest BCUT2D eigenvalue weighted by Crippen LogP contribution is -2.43. The molecule has 0 saturated carbocycles. The predicted octanol–water partition coefficient (Wildman–Crippen LogP) is 0.824. The molecule has 3 aromatic heterocycles. The standard InChI is InChI=1S/C16H19N7O2/c1-22-14-11(9-19-22)13(17)20-16(21-14)23-6-2-5-12(23)15(24)18-8-10-4-3-7-25-10/h3-4,7,9,12H,2,5-6,8H2,1H3,(H,18,24)(H2,17,20,21). The molecule has 1 aliphatic rings. The SMILES string of the molecule is Cn1ncc2c(N)nc(N3CCCC3C(=O)NCc3ccco3)nc21. The molecule has 0 bridgehead atoms. The van der Waals surface area contributed by atoms with Crippen molar-refractivity contribution in [3.8, 4) is 0 Å². The number of rotatable bonds is 4. The fourth-order valence-corrected chi connectivity index (χ4v) is 3.14. The molecular formula is C16H19N7O2. The Morgan fingerprint density at radius 1 is 1.48 bits per heavy atom. The minimum atomic E-state index is -0.319. The van der Waals surface area contributed by atoms with Crippen LogP contribution in [0.2, 0.25) is 0 Å². The summed E-state index contributed by atoms with van der Waals surface area (Å²) in [7, 11) is 1.80. The molecule has 0 aliphatic carbocycles. The third-order valence-electron chi connectivity index (χ3n) is 4.44. The first-order valence-corrected chi connectivity index (χ1v) is 8.15. The topological polar surface area (TPSA) is 115 Å². The van der Waals surface area contributed by atoms with Crippen LogP contribution in [0.1, 0.15) is 18.6 Å². The largest absolute Gasteiger partial charge is 0.467 e. The summed E-state index contributed by atoms with van der Waals surface area (Å²) in [5.74, 6) is 1.48. The van der Waals surface area contributed by atoms with Gasteiger partial charge in [-0.3, -0.25) is 9.48 Å². The number of hydrogen-bond donors (Lipinski definition) is 2. The summed E-state index contributed by atoms with van der Waals surface area (Å²) < 4.78 is 6.90. The van der Waals surface area contributed by atoms with Gasteiger partial charge in [-0.05, 0) is 25.0 Å². The lowest BCUT2D eigenvalue weighted by molar-refractivity contribution is -0.122. The molecule has 1 fully saturated rings. The molecule has 4 heterocycles. The molecule has 0 aromatic carbocycles.